The second-order valence-electron chi connectivity index (χ2n) is 3.89. The van der Waals surface area contributed by atoms with E-state index in [1.165, 1.54) is 0 Å². The van der Waals surface area contributed by atoms with E-state index in [0.29, 0.717) is 12.2 Å². The average Bonchev–Trinajstić information content (AvgIpc) is 2.42. The normalized spacial score (nSPS) is 10.0. The summed E-state index contributed by atoms with van der Waals surface area (Å²) < 4.78 is 1.66. The third-order valence-electron chi connectivity index (χ3n) is 2.50. The third-order valence-corrected chi connectivity index (χ3v) is 3.82. The summed E-state index contributed by atoms with van der Waals surface area (Å²) in [5.74, 6) is 0. The quantitative estimate of drug-likeness (QED) is 0.802. The van der Waals surface area contributed by atoms with Crippen molar-refractivity contribution in [1.29, 1.82) is 0 Å². The van der Waals surface area contributed by atoms with Crippen molar-refractivity contribution in [1.82, 2.24) is 5.32 Å². The molecule has 3 nitrogen and oxygen atoms in total. The molecular formula is C14H12Br2N2O. The first-order valence-corrected chi connectivity index (χ1v) is 7.28. The minimum Gasteiger partial charge on any atom is -0.334 e. The van der Waals surface area contributed by atoms with Crippen molar-refractivity contribution >= 4 is 43.6 Å². The van der Waals surface area contributed by atoms with Gasteiger partial charge >= 0.3 is 6.03 Å². The molecule has 19 heavy (non-hydrogen) atoms. The fourth-order valence-electron chi connectivity index (χ4n) is 1.55. The van der Waals surface area contributed by atoms with Gasteiger partial charge in [0.25, 0.3) is 0 Å². The summed E-state index contributed by atoms with van der Waals surface area (Å²) in [6.07, 6.45) is 0. The van der Waals surface area contributed by atoms with Crippen molar-refractivity contribution in [3.63, 3.8) is 0 Å². The number of hydrogen-bond acceptors (Lipinski definition) is 1. The van der Waals surface area contributed by atoms with Crippen LogP contribution in [0.15, 0.2) is 57.5 Å². The van der Waals surface area contributed by atoms with Crippen LogP contribution in [-0.4, -0.2) is 6.03 Å². The van der Waals surface area contributed by atoms with Crippen LogP contribution in [0.2, 0.25) is 0 Å². The average molecular weight is 384 g/mol. The number of rotatable bonds is 3. The van der Waals surface area contributed by atoms with Crippen molar-refractivity contribution in [2.45, 2.75) is 6.54 Å². The fourth-order valence-corrected chi connectivity index (χ4v) is 2.75. The monoisotopic (exact) mass is 382 g/mol. The Morgan fingerprint density at radius 2 is 1.58 bits per heavy atom. The molecule has 0 atom stereocenters. The van der Waals surface area contributed by atoms with Gasteiger partial charge in [0.05, 0.1) is 5.69 Å². The molecule has 0 unspecified atom stereocenters. The van der Waals surface area contributed by atoms with E-state index in [1.807, 2.05) is 48.5 Å². The highest BCUT2D eigenvalue weighted by molar-refractivity contribution is 9.11. The summed E-state index contributed by atoms with van der Waals surface area (Å²) in [5.41, 5.74) is 1.77. The lowest BCUT2D eigenvalue weighted by Crippen LogP contribution is -2.28. The molecule has 0 saturated carbocycles. The smallest absolute Gasteiger partial charge is 0.319 e. The van der Waals surface area contributed by atoms with Crippen molar-refractivity contribution in [2.75, 3.05) is 5.32 Å². The van der Waals surface area contributed by atoms with Gasteiger partial charge in [0.2, 0.25) is 0 Å². The highest BCUT2D eigenvalue weighted by Gasteiger charge is 2.08. The maximum Gasteiger partial charge on any atom is 0.319 e. The Labute approximate surface area is 128 Å². The molecular weight excluding hydrogens is 372 g/mol. The zero-order valence-corrected chi connectivity index (χ0v) is 13.2. The summed E-state index contributed by atoms with van der Waals surface area (Å²) in [6.45, 7) is 0.495. The molecule has 2 amide bonds. The van der Waals surface area contributed by atoms with Gasteiger partial charge in [-0.05, 0) is 49.6 Å². The Hall–Kier alpha value is -1.33. The van der Waals surface area contributed by atoms with E-state index in [4.69, 9.17) is 0 Å². The largest absolute Gasteiger partial charge is 0.334 e. The number of nitrogens with one attached hydrogen (secondary N) is 2. The van der Waals surface area contributed by atoms with Gasteiger partial charge in [0.15, 0.2) is 0 Å². The van der Waals surface area contributed by atoms with Crippen LogP contribution in [0.25, 0.3) is 0 Å². The van der Waals surface area contributed by atoms with E-state index >= 15 is 0 Å². The summed E-state index contributed by atoms with van der Waals surface area (Å²) in [4.78, 5) is 11.8. The Morgan fingerprint density at radius 3 is 2.21 bits per heavy atom. The van der Waals surface area contributed by atoms with Gasteiger partial charge in [-0.25, -0.2) is 4.79 Å². The lowest BCUT2D eigenvalue weighted by molar-refractivity contribution is 0.251. The van der Waals surface area contributed by atoms with Crippen molar-refractivity contribution in [2.24, 2.45) is 0 Å². The number of para-hydroxylation sites is 1. The molecule has 0 aliphatic heterocycles. The van der Waals surface area contributed by atoms with Gasteiger partial charge in [0.1, 0.15) is 0 Å². The Morgan fingerprint density at radius 1 is 0.947 bits per heavy atom. The summed E-state index contributed by atoms with van der Waals surface area (Å²) in [5, 5.41) is 5.62. The Bertz CT molecular complexity index is 553. The van der Waals surface area contributed by atoms with Crippen LogP contribution in [-0.2, 0) is 6.54 Å². The third kappa shape index (κ3) is 4.08. The van der Waals surface area contributed by atoms with E-state index < -0.39 is 0 Å². The summed E-state index contributed by atoms with van der Waals surface area (Å²) in [6, 6.07) is 15.2. The number of anilines is 1. The number of urea groups is 1. The summed E-state index contributed by atoms with van der Waals surface area (Å²) >= 11 is 6.80. The molecule has 2 rings (SSSR count). The van der Waals surface area contributed by atoms with Gasteiger partial charge in [-0.2, -0.15) is 0 Å². The number of carbonyl (C=O) groups excluding carboxylic acids is 1. The first-order valence-electron chi connectivity index (χ1n) is 5.69. The minimum atomic E-state index is -0.239. The van der Waals surface area contributed by atoms with Crippen LogP contribution in [0.1, 0.15) is 5.56 Å². The van der Waals surface area contributed by atoms with Gasteiger partial charge in [0, 0.05) is 15.5 Å². The number of halogens is 2. The number of benzene rings is 2. The zero-order valence-electron chi connectivity index (χ0n) is 9.99. The van der Waals surface area contributed by atoms with E-state index in [1.54, 1.807) is 0 Å². The molecule has 2 N–H and O–H groups in total. The van der Waals surface area contributed by atoms with E-state index in [0.717, 1.165) is 14.5 Å². The predicted molar refractivity (Wildman–Crippen MR) is 84.1 cm³/mol. The first kappa shape index (κ1) is 14.1. The lowest BCUT2D eigenvalue weighted by atomic mass is 10.2. The minimum absolute atomic E-state index is 0.239. The van der Waals surface area contributed by atoms with Gasteiger partial charge in [-0.15, -0.1) is 0 Å². The molecule has 0 fully saturated rings. The zero-order chi connectivity index (χ0) is 13.7. The van der Waals surface area contributed by atoms with Crippen molar-refractivity contribution < 1.29 is 4.79 Å². The topological polar surface area (TPSA) is 41.1 Å². The SMILES string of the molecule is O=C(NCc1ccccc1)Nc1c(Br)cccc1Br. The van der Waals surface area contributed by atoms with Crippen LogP contribution < -0.4 is 10.6 Å². The second-order valence-corrected chi connectivity index (χ2v) is 5.60. The molecule has 2 aromatic rings. The number of hydrogen-bond donors (Lipinski definition) is 2. The lowest BCUT2D eigenvalue weighted by Gasteiger charge is -2.10. The van der Waals surface area contributed by atoms with Crippen LogP contribution in [0.5, 0.6) is 0 Å². The van der Waals surface area contributed by atoms with Gasteiger partial charge < -0.3 is 10.6 Å². The number of carbonyl (C=O) groups is 1. The first-order chi connectivity index (χ1) is 9.16. The van der Waals surface area contributed by atoms with E-state index in [2.05, 4.69) is 42.5 Å². The molecule has 0 bridgehead atoms. The van der Waals surface area contributed by atoms with Gasteiger partial charge in [-0.3, -0.25) is 0 Å². The molecule has 98 valence electrons. The second kappa shape index (κ2) is 6.73. The van der Waals surface area contributed by atoms with E-state index in [-0.39, 0.29) is 6.03 Å². The molecule has 0 aromatic heterocycles. The Balaban J connectivity index is 1.95. The van der Waals surface area contributed by atoms with Crippen molar-refractivity contribution in [3.05, 3.63) is 63.0 Å². The molecule has 0 aliphatic rings. The highest BCUT2D eigenvalue weighted by atomic mass is 79.9. The van der Waals surface area contributed by atoms with Gasteiger partial charge in [-0.1, -0.05) is 36.4 Å². The molecule has 0 spiro atoms. The Kier molecular flexibility index (Phi) is 4.99. The fraction of sp³-hybridized carbons (Fsp3) is 0.0714. The molecule has 0 saturated heterocycles. The molecule has 0 heterocycles. The molecule has 2 aromatic carbocycles. The van der Waals surface area contributed by atoms with Crippen LogP contribution >= 0.6 is 31.9 Å². The summed E-state index contributed by atoms with van der Waals surface area (Å²) in [7, 11) is 0. The molecule has 0 aliphatic carbocycles. The molecule has 5 heteroatoms. The van der Waals surface area contributed by atoms with Crippen LogP contribution in [0.4, 0.5) is 10.5 Å². The highest BCUT2D eigenvalue weighted by Crippen LogP contribution is 2.30. The maximum absolute atomic E-state index is 11.8. The van der Waals surface area contributed by atoms with E-state index in [9.17, 15) is 4.79 Å². The molecule has 0 radical (unpaired) electrons. The standard InChI is InChI=1S/C14H12Br2N2O/c15-11-7-4-8-12(16)13(11)18-14(19)17-9-10-5-2-1-3-6-10/h1-8H,9H2,(H2,17,18,19). The predicted octanol–water partition coefficient (Wildman–Crippen LogP) is 4.53. The van der Waals surface area contributed by atoms with Crippen LogP contribution in [0, 0.1) is 0 Å². The maximum atomic E-state index is 11.8. The van der Waals surface area contributed by atoms with Crippen LogP contribution in [0.3, 0.4) is 0 Å². The van der Waals surface area contributed by atoms with Crippen molar-refractivity contribution in [3.8, 4) is 0 Å². The number of amides is 2.